The molecule has 1 N–H and O–H groups in total. The minimum atomic E-state index is -0.113. The quantitative estimate of drug-likeness (QED) is 0.804. The second kappa shape index (κ2) is 8.47. The molecule has 1 aliphatic heterocycles. The zero-order valence-corrected chi connectivity index (χ0v) is 16.3. The lowest BCUT2D eigenvalue weighted by Gasteiger charge is -2.32. The number of anilines is 1. The van der Waals surface area contributed by atoms with Crippen molar-refractivity contribution in [3.63, 3.8) is 0 Å². The third-order valence-electron chi connectivity index (χ3n) is 5.02. The van der Waals surface area contributed by atoms with Gasteiger partial charge in [-0.1, -0.05) is 0 Å². The molecular weight excluding hydrogens is 344 g/mol. The largest absolute Gasteiger partial charge is 0.355 e. The van der Waals surface area contributed by atoms with E-state index in [1.165, 1.54) is 0 Å². The van der Waals surface area contributed by atoms with Crippen LogP contribution >= 0.6 is 0 Å². The summed E-state index contributed by atoms with van der Waals surface area (Å²) in [5.74, 6) is 0.570. The molecule has 1 saturated heterocycles. The lowest BCUT2D eigenvalue weighted by molar-refractivity contribution is -0.125. The molecule has 0 radical (unpaired) electrons. The van der Waals surface area contributed by atoms with Crippen molar-refractivity contribution >= 4 is 22.9 Å². The van der Waals surface area contributed by atoms with Gasteiger partial charge in [-0.3, -0.25) is 14.2 Å². The van der Waals surface area contributed by atoms with E-state index in [-0.39, 0.29) is 17.4 Å². The van der Waals surface area contributed by atoms with Crippen molar-refractivity contribution in [2.24, 2.45) is 5.92 Å². The average molecular weight is 372 g/mol. The normalized spacial score (nSPS) is 15.5. The smallest absolute Gasteiger partial charge is 0.295 e. The third kappa shape index (κ3) is 4.27. The molecule has 1 fully saturated rings. The summed E-state index contributed by atoms with van der Waals surface area (Å²) in [5.41, 5.74) is 1.22. The summed E-state index contributed by atoms with van der Waals surface area (Å²) in [4.78, 5) is 38.1. The van der Waals surface area contributed by atoms with Gasteiger partial charge in [0.2, 0.25) is 5.91 Å². The number of rotatable bonds is 6. The van der Waals surface area contributed by atoms with E-state index >= 15 is 0 Å². The van der Waals surface area contributed by atoms with Crippen LogP contribution < -0.4 is 15.8 Å². The van der Waals surface area contributed by atoms with Crippen LogP contribution in [0, 0.1) is 5.92 Å². The number of carbonyl (C=O) groups excluding carboxylic acids is 1. The first-order chi connectivity index (χ1) is 13.0. The molecule has 0 aromatic carbocycles. The SMILES string of the molecule is CCn1c(=O)c(N2CCC(C(=O)NCCN(C)C)CC2)nc2cccnc21. The Morgan fingerprint density at radius 1 is 1.33 bits per heavy atom. The maximum absolute atomic E-state index is 12.9. The first kappa shape index (κ1) is 19.3. The molecule has 146 valence electrons. The second-order valence-corrected chi connectivity index (χ2v) is 7.19. The summed E-state index contributed by atoms with van der Waals surface area (Å²) in [6.07, 6.45) is 3.13. The van der Waals surface area contributed by atoms with Crippen LogP contribution in [0.5, 0.6) is 0 Å². The monoisotopic (exact) mass is 372 g/mol. The number of aryl methyl sites for hydroxylation is 1. The maximum Gasteiger partial charge on any atom is 0.295 e. The Hall–Kier alpha value is -2.48. The van der Waals surface area contributed by atoms with Crippen LogP contribution in [0.3, 0.4) is 0 Å². The van der Waals surface area contributed by atoms with Crippen LogP contribution in [-0.4, -0.2) is 65.6 Å². The van der Waals surface area contributed by atoms with E-state index in [0.717, 1.165) is 24.9 Å². The molecule has 0 aliphatic carbocycles. The topological polar surface area (TPSA) is 83.4 Å². The summed E-state index contributed by atoms with van der Waals surface area (Å²) >= 11 is 0. The van der Waals surface area contributed by atoms with E-state index in [2.05, 4.69) is 15.3 Å². The van der Waals surface area contributed by atoms with Crippen molar-refractivity contribution in [1.82, 2.24) is 24.8 Å². The van der Waals surface area contributed by atoms with Crippen LogP contribution in [0.4, 0.5) is 5.82 Å². The van der Waals surface area contributed by atoms with Gasteiger partial charge in [-0.2, -0.15) is 0 Å². The standard InChI is InChI=1S/C19H28N6O2/c1-4-25-16-15(6-5-9-20-16)22-17(19(25)27)24-11-7-14(8-12-24)18(26)21-10-13-23(2)3/h5-6,9,14H,4,7-8,10-13H2,1-3H3,(H,21,26). The molecule has 27 heavy (non-hydrogen) atoms. The number of fused-ring (bicyclic) bond motifs is 1. The second-order valence-electron chi connectivity index (χ2n) is 7.19. The highest BCUT2D eigenvalue weighted by atomic mass is 16.2. The maximum atomic E-state index is 12.9. The zero-order valence-electron chi connectivity index (χ0n) is 16.3. The van der Waals surface area contributed by atoms with Gasteiger partial charge < -0.3 is 15.1 Å². The molecule has 2 aromatic heterocycles. The number of hydrogen-bond acceptors (Lipinski definition) is 6. The van der Waals surface area contributed by atoms with Crippen LogP contribution in [0.1, 0.15) is 19.8 Å². The van der Waals surface area contributed by atoms with E-state index in [0.29, 0.717) is 37.6 Å². The fourth-order valence-corrected chi connectivity index (χ4v) is 3.46. The average Bonchev–Trinajstić information content (AvgIpc) is 2.67. The Balaban J connectivity index is 1.70. The Bertz CT molecular complexity index is 855. The Morgan fingerprint density at radius 2 is 2.07 bits per heavy atom. The molecular formula is C19H28N6O2. The molecule has 0 saturated carbocycles. The Kier molecular flexibility index (Phi) is 6.05. The van der Waals surface area contributed by atoms with Crippen molar-refractivity contribution in [2.45, 2.75) is 26.3 Å². The lowest BCUT2D eigenvalue weighted by atomic mass is 9.96. The number of nitrogens with one attached hydrogen (secondary N) is 1. The summed E-state index contributed by atoms with van der Waals surface area (Å²) in [5, 5.41) is 3.00. The van der Waals surface area contributed by atoms with Crippen LogP contribution in [-0.2, 0) is 11.3 Å². The Labute approximate surface area is 159 Å². The fourth-order valence-electron chi connectivity index (χ4n) is 3.46. The van der Waals surface area contributed by atoms with Crippen molar-refractivity contribution in [3.05, 3.63) is 28.7 Å². The molecule has 0 unspecified atom stereocenters. The molecule has 8 nitrogen and oxygen atoms in total. The molecule has 1 aliphatic rings. The predicted molar refractivity (Wildman–Crippen MR) is 106 cm³/mol. The van der Waals surface area contributed by atoms with Gasteiger partial charge in [0.15, 0.2) is 11.5 Å². The minimum Gasteiger partial charge on any atom is -0.355 e. The molecule has 1 amide bonds. The number of hydrogen-bond donors (Lipinski definition) is 1. The van der Waals surface area contributed by atoms with E-state index in [1.807, 2.05) is 43.0 Å². The molecule has 0 spiro atoms. The molecule has 0 atom stereocenters. The van der Waals surface area contributed by atoms with E-state index in [9.17, 15) is 9.59 Å². The van der Waals surface area contributed by atoms with Crippen LogP contribution in [0.25, 0.3) is 11.2 Å². The highest BCUT2D eigenvalue weighted by Crippen LogP contribution is 2.21. The first-order valence-corrected chi connectivity index (χ1v) is 9.54. The van der Waals surface area contributed by atoms with Gasteiger partial charge in [-0.25, -0.2) is 9.97 Å². The van der Waals surface area contributed by atoms with E-state index in [4.69, 9.17) is 0 Å². The number of likely N-dealkylation sites (N-methyl/N-ethyl adjacent to an activating group) is 1. The van der Waals surface area contributed by atoms with Crippen molar-refractivity contribution in [2.75, 3.05) is 45.2 Å². The summed E-state index contributed by atoms with van der Waals surface area (Å²) in [6.45, 7) is 5.28. The molecule has 3 rings (SSSR count). The number of aromatic nitrogens is 3. The zero-order chi connectivity index (χ0) is 19.4. The van der Waals surface area contributed by atoms with Crippen molar-refractivity contribution in [1.29, 1.82) is 0 Å². The lowest BCUT2D eigenvalue weighted by Crippen LogP contribution is -2.44. The van der Waals surface area contributed by atoms with Gasteiger partial charge in [0.1, 0.15) is 5.52 Å². The predicted octanol–water partition coefficient (Wildman–Crippen LogP) is 0.706. The summed E-state index contributed by atoms with van der Waals surface area (Å²) in [6, 6.07) is 3.70. The molecule has 3 heterocycles. The highest BCUT2D eigenvalue weighted by Gasteiger charge is 2.27. The van der Waals surface area contributed by atoms with Gasteiger partial charge in [0.25, 0.3) is 5.56 Å². The van der Waals surface area contributed by atoms with E-state index in [1.54, 1.807) is 10.8 Å². The summed E-state index contributed by atoms with van der Waals surface area (Å²) in [7, 11) is 3.97. The fraction of sp³-hybridized carbons (Fsp3) is 0.579. The van der Waals surface area contributed by atoms with Gasteiger partial charge >= 0.3 is 0 Å². The minimum absolute atomic E-state index is 0.000985. The number of piperidine rings is 1. The molecule has 8 heteroatoms. The van der Waals surface area contributed by atoms with Gasteiger partial charge in [0, 0.05) is 44.8 Å². The van der Waals surface area contributed by atoms with Crippen molar-refractivity contribution < 1.29 is 4.79 Å². The number of pyridine rings is 1. The van der Waals surface area contributed by atoms with Gasteiger partial charge in [0.05, 0.1) is 0 Å². The number of amides is 1. The number of carbonyl (C=O) groups is 1. The Morgan fingerprint density at radius 3 is 2.74 bits per heavy atom. The van der Waals surface area contributed by atoms with E-state index < -0.39 is 0 Å². The van der Waals surface area contributed by atoms with Crippen LogP contribution in [0.15, 0.2) is 23.1 Å². The third-order valence-corrected chi connectivity index (χ3v) is 5.02. The van der Waals surface area contributed by atoms with Gasteiger partial charge in [-0.15, -0.1) is 0 Å². The highest BCUT2D eigenvalue weighted by molar-refractivity contribution is 5.79. The first-order valence-electron chi connectivity index (χ1n) is 9.54. The van der Waals surface area contributed by atoms with Crippen molar-refractivity contribution in [3.8, 4) is 0 Å². The summed E-state index contributed by atoms with van der Waals surface area (Å²) < 4.78 is 1.66. The molecule has 2 aromatic rings. The van der Waals surface area contributed by atoms with Crippen LogP contribution in [0.2, 0.25) is 0 Å². The number of nitrogens with zero attached hydrogens (tertiary/aromatic N) is 5. The molecule has 0 bridgehead atoms. The van der Waals surface area contributed by atoms with Gasteiger partial charge in [-0.05, 0) is 46.0 Å².